The van der Waals surface area contributed by atoms with Crippen LogP contribution in [0.5, 0.6) is 34.5 Å². The second kappa shape index (κ2) is 44.1. The first-order chi connectivity index (χ1) is 64.1. The van der Waals surface area contributed by atoms with Crippen LogP contribution in [0.25, 0.3) is 81.4 Å². The molecule has 712 valence electrons. The molecule has 0 unspecified atom stereocenters. The van der Waals surface area contributed by atoms with E-state index >= 15 is 0 Å². The van der Waals surface area contributed by atoms with Crippen LogP contribution in [0.2, 0.25) is 36.3 Å². The number of rotatable bonds is 25. The number of aldehydes is 1. The summed E-state index contributed by atoms with van der Waals surface area (Å²) in [5, 5.41) is 26.7. The van der Waals surface area contributed by atoms with Crippen molar-refractivity contribution in [2.75, 3.05) is 82.8 Å². The number of aliphatic hydroxyl groups excluding tert-OH is 1. The second-order valence-corrected chi connectivity index (χ2v) is 48.9. The van der Waals surface area contributed by atoms with Crippen LogP contribution in [0.1, 0.15) is 147 Å². The van der Waals surface area contributed by atoms with E-state index in [4.69, 9.17) is 75.3 Å². The summed E-state index contributed by atoms with van der Waals surface area (Å²) in [6.45, 7) is 59.6. The van der Waals surface area contributed by atoms with Crippen molar-refractivity contribution in [3.05, 3.63) is 241 Å². The first kappa shape index (κ1) is 103. The Morgan fingerprint density at radius 2 is 0.728 bits per heavy atom. The number of para-hydroxylation sites is 3. The van der Waals surface area contributed by atoms with E-state index in [2.05, 4.69) is 112 Å². The molecule has 3 saturated heterocycles. The molecule has 3 aliphatic rings. The Kier molecular flexibility index (Phi) is 33.3. The number of anilines is 3. The van der Waals surface area contributed by atoms with Crippen molar-refractivity contribution < 1.29 is 47.3 Å². The molecule has 12 aromatic rings. The minimum atomic E-state index is -1.99. The molecular weight excluding hydrogens is 1750 g/mol. The Morgan fingerprint density at radius 1 is 0.434 bits per heavy atom. The summed E-state index contributed by atoms with van der Waals surface area (Å²) in [4.78, 5) is 91.9. The summed E-state index contributed by atoms with van der Waals surface area (Å²) in [5.74, 6) is 4.61. The van der Waals surface area contributed by atoms with Gasteiger partial charge >= 0.3 is 5.91 Å². The van der Waals surface area contributed by atoms with E-state index in [1.165, 1.54) is 19.0 Å². The van der Waals surface area contributed by atoms with Gasteiger partial charge < -0.3 is 69.7 Å². The average Bonchev–Trinajstić information content (AvgIpc) is 1.62. The fourth-order valence-corrected chi connectivity index (χ4v) is 17.5. The number of ether oxygens (including phenoxy) is 3. The molecule has 15 rings (SSSR count). The zero-order valence-corrected chi connectivity index (χ0v) is 82.0. The predicted molar refractivity (Wildman–Crippen MR) is 538 cm³/mol. The molecule has 3 amide bonds. The monoisotopic (exact) mass is 1870 g/mol. The topological polar surface area (TPSA) is 366 Å². The lowest BCUT2D eigenvalue weighted by Gasteiger charge is -2.38. The van der Waals surface area contributed by atoms with E-state index < -0.39 is 27.5 Å². The molecule has 0 radical (unpaired) electrons. The number of aromatic nitrogens is 12. The van der Waals surface area contributed by atoms with E-state index in [1.54, 1.807) is 40.7 Å². The number of amides is 3. The molecular formula is C103H127N21O10Si2. The number of nitrogens with zero attached hydrogens (tertiary/aromatic N) is 18. The van der Waals surface area contributed by atoms with Crippen molar-refractivity contribution in [1.29, 1.82) is 0 Å². The molecule has 7 N–H and O–H groups in total. The van der Waals surface area contributed by atoms with Crippen molar-refractivity contribution in [2.24, 2.45) is 16.2 Å². The lowest BCUT2D eigenvalue weighted by Crippen LogP contribution is -2.43. The second-order valence-electron chi connectivity index (χ2n) is 39.2. The van der Waals surface area contributed by atoms with Crippen molar-refractivity contribution >= 4 is 91.2 Å². The fourth-order valence-electron chi connectivity index (χ4n) is 15.1. The fraction of sp³-hybridized carbons (Fsp3) is 0.398. The number of aliphatic hydroxyl groups is 1. The van der Waals surface area contributed by atoms with Crippen LogP contribution in [-0.2, 0) is 28.0 Å². The van der Waals surface area contributed by atoms with Gasteiger partial charge in [-0.05, 0) is 195 Å². The lowest BCUT2D eigenvalue weighted by atomic mass is 9.93. The van der Waals surface area contributed by atoms with Gasteiger partial charge in [-0.15, -0.1) is 0 Å². The Balaban J connectivity index is 0.000000184. The molecule has 31 nitrogen and oxygen atoms in total. The summed E-state index contributed by atoms with van der Waals surface area (Å²) in [5.41, 5.74) is 24.0. The standard InChI is InChI=1S/C36H45N7O3Si.C30H31N7O3.C25H23N7O2.C11H24O2Si.CH4/c1-35(2,3)47(7,8)45-23-36(4,5)21-29(38-6)34(44)42-20-12-13-26(22-42)43-33-30(32(37)39-24-40-33)31(41-43)25-16-18-28(19-17-25)46-27-14-10-9-11-15-27;1-30(2,18-38)16-24(32-3)29(39)36-15-7-8-21(17-36)37-28-25(27(31)33-19-34-28)26(35-37)20-11-13-23(14-12-20)40-22-9-5-4-6-10-22;1-27-14-21(33)31-13-5-6-18(15-31)32-25-22(24(26)28-16-29-25)23(30-32)17-9-11-20(12-10-17)34-19-7-3-2-4-8-19;1-10(2,3)14(6,7)13-9-11(4,5)8-12;/h9-11,14-19,21,24,26H,12-13,20,22-23H2,1-5,7-8H3,(H2,37,39,40);4-6,9-14,16,19,21,38H,7-8,15,17-18H2,1-2H3,(H2,31,33,34);2-4,7-12,16,18H,5-6,13-15H2,(H2,26,28,29);8H,9H2,1-7H3;1H4/b29-21-;24-16-;;;/t26-;21-;18-;;/m111../s1. The van der Waals surface area contributed by atoms with Gasteiger partial charge in [0.25, 0.3) is 18.4 Å². The Hall–Kier alpha value is -13.9. The number of nitrogens with two attached hydrogens (primary N) is 3. The first-order valence-corrected chi connectivity index (χ1v) is 51.2. The highest BCUT2D eigenvalue weighted by Crippen LogP contribution is 2.43. The minimum Gasteiger partial charge on any atom is -0.457 e. The minimum absolute atomic E-state index is 0. The molecule has 6 aromatic heterocycles. The highest BCUT2D eigenvalue weighted by molar-refractivity contribution is 6.74. The van der Waals surface area contributed by atoms with Gasteiger partial charge in [0.05, 0.1) is 54.0 Å². The third-order valence-corrected chi connectivity index (χ3v) is 33.9. The maximum atomic E-state index is 13.8. The van der Waals surface area contributed by atoms with Crippen LogP contribution in [0, 0.1) is 36.0 Å². The van der Waals surface area contributed by atoms with Crippen LogP contribution < -0.4 is 31.4 Å². The van der Waals surface area contributed by atoms with Gasteiger partial charge in [-0.3, -0.25) is 14.4 Å². The molecule has 136 heavy (non-hydrogen) atoms. The molecule has 0 saturated carbocycles. The third kappa shape index (κ3) is 25.4. The Bertz CT molecular complexity index is 6350. The van der Waals surface area contributed by atoms with Crippen molar-refractivity contribution in [1.82, 2.24) is 73.9 Å². The number of carbonyl (C=O) groups excluding carboxylic acids is 4. The highest BCUT2D eigenvalue weighted by Gasteiger charge is 2.41. The summed E-state index contributed by atoms with van der Waals surface area (Å²) in [7, 11) is -3.68. The zero-order valence-electron chi connectivity index (χ0n) is 80.0. The highest BCUT2D eigenvalue weighted by atomic mass is 28.4. The SMILES string of the molecule is C.CC(C)(C=O)CO[Si](C)(C)C(C)(C)C.[C-]#[N+]/C(=C\C(C)(C)CO)C(=O)N1CCC[C@@H](n2nc(-c3ccc(Oc4ccccc4)cc3)c3c(N)ncnc32)C1.[C-]#[N+]/C(=C\C(C)(C)CO[Si](C)(C)C(C)(C)C)C(=O)N1CCC[C@@H](n2nc(-c3ccc(Oc4ccccc4)cc3)c3c(N)ncnc32)C1.[C-]#[N+]CC(=O)N1CCC[C@@H](n2nc(-c3ccc(Oc4ccccc4)cc3)c3c(N)ncnc32)C1. The molecule has 9 heterocycles. The van der Waals surface area contributed by atoms with Crippen molar-refractivity contribution in [2.45, 2.75) is 183 Å². The van der Waals surface area contributed by atoms with Gasteiger partial charge in [-0.1, -0.05) is 157 Å². The third-order valence-electron chi connectivity index (χ3n) is 24.9. The molecule has 0 bridgehead atoms. The van der Waals surface area contributed by atoms with Gasteiger partial charge in [0.15, 0.2) is 33.6 Å². The maximum absolute atomic E-state index is 13.8. The normalized spacial score (nSPS) is 15.8. The van der Waals surface area contributed by atoms with Crippen LogP contribution in [0.4, 0.5) is 17.5 Å². The van der Waals surface area contributed by atoms with Gasteiger partial charge in [0, 0.05) is 74.6 Å². The van der Waals surface area contributed by atoms with Gasteiger partial charge in [-0.2, -0.15) is 15.3 Å². The smallest absolute Gasteiger partial charge is 0.302 e. The van der Waals surface area contributed by atoms with Crippen LogP contribution in [0.3, 0.4) is 0 Å². The van der Waals surface area contributed by atoms with Crippen LogP contribution in [0.15, 0.2) is 206 Å². The molecule has 0 aliphatic carbocycles. The largest absolute Gasteiger partial charge is 0.457 e. The summed E-state index contributed by atoms with van der Waals surface area (Å²) in [6.07, 6.45) is 13.4. The number of hydrogen-bond donors (Lipinski definition) is 4. The predicted octanol–water partition coefficient (Wildman–Crippen LogP) is 20.6. The summed E-state index contributed by atoms with van der Waals surface area (Å²) >= 11 is 0. The zero-order chi connectivity index (χ0) is 97.4. The van der Waals surface area contributed by atoms with E-state index in [9.17, 15) is 24.3 Å². The molecule has 6 aromatic carbocycles. The first-order valence-electron chi connectivity index (χ1n) is 45.4. The number of likely N-dealkylation sites (tertiary alicyclic amines) is 3. The van der Waals surface area contributed by atoms with E-state index in [0.717, 1.165) is 78.7 Å². The summed E-state index contributed by atoms with van der Waals surface area (Å²) < 4.78 is 35.8. The van der Waals surface area contributed by atoms with Gasteiger partial charge in [0.2, 0.25) is 11.4 Å². The molecule has 3 fully saturated rings. The molecule has 33 heteroatoms. The van der Waals surface area contributed by atoms with Crippen molar-refractivity contribution in [3.63, 3.8) is 0 Å². The quantitative estimate of drug-likeness (QED) is 0.0179. The van der Waals surface area contributed by atoms with Crippen LogP contribution in [-0.4, -0.2) is 185 Å². The maximum Gasteiger partial charge on any atom is 0.302 e. The number of piperidine rings is 3. The lowest BCUT2D eigenvalue weighted by molar-refractivity contribution is -0.131. The average molecular weight is 1880 g/mol. The molecule has 3 atom stereocenters. The van der Waals surface area contributed by atoms with E-state index in [-0.39, 0.29) is 83.3 Å². The van der Waals surface area contributed by atoms with Crippen LogP contribution >= 0.6 is 0 Å². The van der Waals surface area contributed by atoms with E-state index in [1.807, 2.05) is 206 Å². The summed E-state index contributed by atoms with van der Waals surface area (Å²) in [6, 6.07) is 51.3. The number of carbonyl (C=O) groups is 4. The van der Waals surface area contributed by atoms with Crippen molar-refractivity contribution in [3.8, 4) is 68.3 Å². The number of hydrogen-bond acceptors (Lipinski definition) is 22. The molecule has 3 aliphatic heterocycles. The number of fused-ring (bicyclic) bond motifs is 3. The number of benzene rings is 6. The Morgan fingerprint density at radius 3 is 1.02 bits per heavy atom. The van der Waals surface area contributed by atoms with Gasteiger partial charge in [0.1, 0.15) is 94.3 Å². The van der Waals surface area contributed by atoms with E-state index in [0.29, 0.717) is 137 Å². The molecule has 0 spiro atoms. The number of nitrogen functional groups attached to an aromatic ring is 3. The Labute approximate surface area is 799 Å². The van der Waals surface area contributed by atoms with Gasteiger partial charge in [-0.25, -0.2) is 60.2 Å².